The molecule has 3 rings (SSSR count). The maximum atomic E-state index is 11.5. The molecule has 1 aromatic heterocycles. The first-order chi connectivity index (χ1) is 10.2. The van der Waals surface area contributed by atoms with Gasteiger partial charge in [-0.3, -0.25) is 4.79 Å². The van der Waals surface area contributed by atoms with Gasteiger partial charge in [-0.05, 0) is 23.6 Å². The molecule has 0 spiro atoms. The van der Waals surface area contributed by atoms with E-state index in [-0.39, 0.29) is 18.1 Å². The summed E-state index contributed by atoms with van der Waals surface area (Å²) in [5.41, 5.74) is 0. The summed E-state index contributed by atoms with van der Waals surface area (Å²) in [5, 5.41) is 5.12. The highest BCUT2D eigenvalue weighted by Gasteiger charge is 2.31. The van der Waals surface area contributed by atoms with Crippen molar-refractivity contribution >= 4 is 32.7 Å². The van der Waals surface area contributed by atoms with Crippen LogP contribution in [0.25, 0.3) is 10.8 Å². The van der Waals surface area contributed by atoms with Gasteiger partial charge in [-0.15, -0.1) is 0 Å². The molecular weight excluding hydrogens is 336 g/mol. The number of carbonyl (C=O) groups excluding carboxylic acids is 1. The zero-order chi connectivity index (χ0) is 14.8. The van der Waals surface area contributed by atoms with Crippen LogP contribution >= 0.6 is 15.9 Å². The minimum atomic E-state index is -0.304. The molecule has 0 bridgehead atoms. The highest BCUT2D eigenvalue weighted by molar-refractivity contribution is 9.10. The summed E-state index contributed by atoms with van der Waals surface area (Å²) < 4.78 is 11.7. The largest absolute Gasteiger partial charge is 0.472 e. The maximum Gasteiger partial charge on any atom is 0.323 e. The molecule has 1 aliphatic heterocycles. The Morgan fingerprint density at radius 1 is 1.43 bits per heavy atom. The van der Waals surface area contributed by atoms with E-state index in [0.29, 0.717) is 18.8 Å². The fourth-order valence-corrected chi connectivity index (χ4v) is 2.84. The number of benzene rings is 1. The first-order valence-corrected chi connectivity index (χ1v) is 7.49. The van der Waals surface area contributed by atoms with Gasteiger partial charge in [0.25, 0.3) is 0 Å². The molecule has 1 aromatic carbocycles. The molecule has 0 radical (unpaired) electrons. The Balaban J connectivity index is 1.80. The Morgan fingerprint density at radius 2 is 2.29 bits per heavy atom. The van der Waals surface area contributed by atoms with E-state index < -0.39 is 0 Å². The summed E-state index contributed by atoms with van der Waals surface area (Å²) in [6, 6.07) is 7.62. The minimum Gasteiger partial charge on any atom is -0.472 e. The molecule has 0 saturated carbocycles. The Hall–Kier alpha value is -1.66. The van der Waals surface area contributed by atoms with Crippen LogP contribution in [0.15, 0.2) is 34.9 Å². The summed E-state index contributed by atoms with van der Waals surface area (Å²) in [4.78, 5) is 15.8. The Morgan fingerprint density at radius 3 is 3.10 bits per heavy atom. The van der Waals surface area contributed by atoms with Gasteiger partial charge in [0, 0.05) is 29.0 Å². The van der Waals surface area contributed by atoms with Crippen LogP contribution in [0.4, 0.5) is 0 Å². The lowest BCUT2D eigenvalue weighted by molar-refractivity contribution is -0.142. The van der Waals surface area contributed by atoms with Gasteiger partial charge in [-0.2, -0.15) is 0 Å². The van der Waals surface area contributed by atoms with Gasteiger partial charge in [-0.25, -0.2) is 4.98 Å². The van der Waals surface area contributed by atoms with Gasteiger partial charge in [0.2, 0.25) is 5.88 Å². The smallest absolute Gasteiger partial charge is 0.323 e. The van der Waals surface area contributed by atoms with Crippen LogP contribution in [-0.4, -0.2) is 36.8 Å². The van der Waals surface area contributed by atoms with Crippen molar-refractivity contribution in [2.24, 2.45) is 0 Å². The lowest BCUT2D eigenvalue weighted by atomic mass is 10.1. The lowest BCUT2D eigenvalue weighted by Gasteiger charge is -2.13. The van der Waals surface area contributed by atoms with Crippen molar-refractivity contribution in [2.45, 2.75) is 18.6 Å². The second-order valence-electron chi connectivity index (χ2n) is 4.94. The number of aromatic nitrogens is 1. The van der Waals surface area contributed by atoms with Crippen LogP contribution in [0.3, 0.4) is 0 Å². The van der Waals surface area contributed by atoms with E-state index in [1.54, 1.807) is 6.20 Å². The SMILES string of the molecule is COC(=O)[C@@H]1C[C@@H](Oc2nccc3ccc(Br)cc23)CN1. The normalized spacial score (nSPS) is 21.4. The molecule has 21 heavy (non-hydrogen) atoms. The maximum absolute atomic E-state index is 11.5. The predicted octanol–water partition coefficient (Wildman–Crippen LogP) is 2.28. The van der Waals surface area contributed by atoms with E-state index in [4.69, 9.17) is 9.47 Å². The fraction of sp³-hybridized carbons (Fsp3) is 0.333. The quantitative estimate of drug-likeness (QED) is 0.860. The molecule has 1 aliphatic rings. The van der Waals surface area contributed by atoms with E-state index in [9.17, 15) is 4.79 Å². The molecule has 2 atom stereocenters. The number of hydrogen-bond donors (Lipinski definition) is 1. The number of methoxy groups -OCH3 is 1. The zero-order valence-corrected chi connectivity index (χ0v) is 13.1. The van der Waals surface area contributed by atoms with Crippen LogP contribution in [0.2, 0.25) is 0 Å². The molecule has 0 aliphatic carbocycles. The Kier molecular flexibility index (Phi) is 4.07. The molecule has 6 heteroatoms. The number of fused-ring (bicyclic) bond motifs is 1. The third-order valence-corrected chi connectivity index (χ3v) is 4.04. The molecule has 110 valence electrons. The second-order valence-corrected chi connectivity index (χ2v) is 5.86. The molecule has 2 aromatic rings. The lowest BCUT2D eigenvalue weighted by Crippen LogP contribution is -2.31. The number of ether oxygens (including phenoxy) is 2. The van der Waals surface area contributed by atoms with Gasteiger partial charge in [0.1, 0.15) is 12.1 Å². The second kappa shape index (κ2) is 5.99. The number of esters is 1. The number of rotatable bonds is 3. The van der Waals surface area contributed by atoms with Crippen molar-refractivity contribution in [3.05, 3.63) is 34.9 Å². The van der Waals surface area contributed by atoms with Crippen LogP contribution < -0.4 is 10.1 Å². The van der Waals surface area contributed by atoms with Crippen molar-refractivity contribution in [3.8, 4) is 5.88 Å². The first kappa shape index (κ1) is 14.3. The average molecular weight is 351 g/mol. The van der Waals surface area contributed by atoms with Gasteiger partial charge in [-0.1, -0.05) is 22.0 Å². The van der Waals surface area contributed by atoms with E-state index in [1.807, 2.05) is 24.3 Å². The summed E-state index contributed by atoms with van der Waals surface area (Å²) in [6.07, 6.45) is 2.22. The molecule has 2 heterocycles. The predicted molar refractivity (Wildman–Crippen MR) is 82.3 cm³/mol. The van der Waals surface area contributed by atoms with E-state index in [1.165, 1.54) is 7.11 Å². The van der Waals surface area contributed by atoms with Crippen LogP contribution in [-0.2, 0) is 9.53 Å². The number of halogens is 1. The van der Waals surface area contributed by atoms with Gasteiger partial charge < -0.3 is 14.8 Å². The standard InChI is InChI=1S/C15H15BrN2O3/c1-20-15(19)13-7-11(8-18-13)21-14-12-6-10(16)3-2-9(12)4-5-17-14/h2-6,11,13,18H,7-8H2,1H3/t11-,13+/m1/s1. The monoisotopic (exact) mass is 350 g/mol. The van der Waals surface area contributed by atoms with Gasteiger partial charge in [0.05, 0.1) is 7.11 Å². The van der Waals surface area contributed by atoms with E-state index >= 15 is 0 Å². The van der Waals surface area contributed by atoms with Crippen LogP contribution in [0.1, 0.15) is 6.42 Å². The third kappa shape index (κ3) is 3.01. The molecule has 1 N–H and O–H groups in total. The summed E-state index contributed by atoms with van der Waals surface area (Å²) in [7, 11) is 1.39. The summed E-state index contributed by atoms with van der Waals surface area (Å²) >= 11 is 3.46. The number of nitrogens with one attached hydrogen (secondary N) is 1. The highest BCUT2D eigenvalue weighted by atomic mass is 79.9. The number of nitrogens with zero attached hydrogens (tertiary/aromatic N) is 1. The molecular formula is C15H15BrN2O3. The highest BCUT2D eigenvalue weighted by Crippen LogP contribution is 2.28. The van der Waals surface area contributed by atoms with E-state index in [0.717, 1.165) is 15.2 Å². The number of pyridine rings is 1. The van der Waals surface area contributed by atoms with Crippen LogP contribution in [0, 0.1) is 0 Å². The summed E-state index contributed by atoms with van der Waals surface area (Å²) in [5.74, 6) is 0.334. The molecule has 1 saturated heterocycles. The number of carbonyl (C=O) groups is 1. The zero-order valence-electron chi connectivity index (χ0n) is 11.5. The summed E-state index contributed by atoms with van der Waals surface area (Å²) in [6.45, 7) is 0.603. The minimum absolute atomic E-state index is 0.0915. The molecule has 1 fully saturated rings. The average Bonchev–Trinajstić information content (AvgIpc) is 2.95. The Bertz CT molecular complexity index is 677. The molecule has 0 unspecified atom stereocenters. The van der Waals surface area contributed by atoms with Crippen molar-refractivity contribution < 1.29 is 14.3 Å². The number of hydrogen-bond acceptors (Lipinski definition) is 5. The topological polar surface area (TPSA) is 60.5 Å². The third-order valence-electron chi connectivity index (χ3n) is 3.55. The van der Waals surface area contributed by atoms with E-state index in [2.05, 4.69) is 26.2 Å². The van der Waals surface area contributed by atoms with Crippen molar-refractivity contribution in [3.63, 3.8) is 0 Å². The molecule has 0 amide bonds. The Labute approximate surface area is 130 Å². The molecule has 5 nitrogen and oxygen atoms in total. The van der Waals surface area contributed by atoms with Crippen LogP contribution in [0.5, 0.6) is 5.88 Å². The van der Waals surface area contributed by atoms with Crippen molar-refractivity contribution in [2.75, 3.05) is 13.7 Å². The first-order valence-electron chi connectivity index (χ1n) is 6.69. The van der Waals surface area contributed by atoms with Crippen molar-refractivity contribution in [1.29, 1.82) is 0 Å². The van der Waals surface area contributed by atoms with Gasteiger partial charge in [0.15, 0.2) is 0 Å². The fourth-order valence-electron chi connectivity index (χ4n) is 2.48. The van der Waals surface area contributed by atoms with Gasteiger partial charge >= 0.3 is 5.97 Å². The van der Waals surface area contributed by atoms with Crippen molar-refractivity contribution in [1.82, 2.24) is 10.3 Å².